The molecule has 1 saturated heterocycles. The van der Waals surface area contributed by atoms with Crippen molar-refractivity contribution in [3.8, 4) is 0 Å². The molecule has 1 N–H and O–H groups in total. The predicted molar refractivity (Wildman–Crippen MR) is 117 cm³/mol. The minimum absolute atomic E-state index is 0.107. The fraction of sp³-hybridized carbons (Fsp3) is 0.333. The summed E-state index contributed by atoms with van der Waals surface area (Å²) in [6.07, 6.45) is 3.87. The van der Waals surface area contributed by atoms with Crippen molar-refractivity contribution in [2.45, 2.75) is 35.8 Å². The summed E-state index contributed by atoms with van der Waals surface area (Å²) in [7, 11) is -3.56. The van der Waals surface area contributed by atoms with E-state index in [-0.39, 0.29) is 16.6 Å². The maximum Gasteiger partial charge on any atom is 0.257 e. The number of nitrogens with one attached hydrogen (secondary N) is 1. The zero-order valence-electron chi connectivity index (χ0n) is 16.4. The zero-order chi connectivity index (χ0) is 21.0. The van der Waals surface area contributed by atoms with Crippen molar-refractivity contribution in [3.63, 3.8) is 0 Å². The molecular weight excluding hydrogens is 422 g/mol. The van der Waals surface area contributed by atoms with E-state index in [0.29, 0.717) is 29.6 Å². The van der Waals surface area contributed by atoms with E-state index < -0.39 is 10.0 Å². The average molecular weight is 446 g/mol. The van der Waals surface area contributed by atoms with Crippen LogP contribution in [0.25, 0.3) is 11.1 Å². The summed E-state index contributed by atoms with van der Waals surface area (Å²) in [6, 6.07) is 13.8. The molecule has 1 aliphatic heterocycles. The highest BCUT2D eigenvalue weighted by Gasteiger charge is 2.25. The van der Waals surface area contributed by atoms with Gasteiger partial charge in [-0.3, -0.25) is 4.79 Å². The van der Waals surface area contributed by atoms with Gasteiger partial charge >= 0.3 is 0 Å². The lowest BCUT2D eigenvalue weighted by atomic mass is 10.2. The number of nitrogens with zero attached hydrogens (tertiary/aromatic N) is 2. The summed E-state index contributed by atoms with van der Waals surface area (Å²) in [4.78, 5) is 16.9. The molecule has 30 heavy (non-hydrogen) atoms. The van der Waals surface area contributed by atoms with E-state index in [2.05, 4.69) is 10.3 Å². The van der Waals surface area contributed by atoms with E-state index in [9.17, 15) is 13.2 Å². The molecule has 7 nitrogen and oxygen atoms in total. The van der Waals surface area contributed by atoms with Gasteiger partial charge in [-0.05, 0) is 43.2 Å². The lowest BCUT2D eigenvalue weighted by Gasteiger charge is -2.20. The number of sulfonamides is 1. The van der Waals surface area contributed by atoms with Gasteiger partial charge in [-0.1, -0.05) is 42.8 Å². The van der Waals surface area contributed by atoms with Crippen molar-refractivity contribution in [1.29, 1.82) is 0 Å². The number of benzene rings is 2. The average Bonchev–Trinajstić information content (AvgIpc) is 2.95. The Morgan fingerprint density at radius 2 is 1.83 bits per heavy atom. The van der Waals surface area contributed by atoms with Crippen LogP contribution in [0.2, 0.25) is 0 Å². The quantitative estimate of drug-likeness (QED) is 0.574. The number of aromatic nitrogens is 1. The number of fused-ring (bicyclic) bond motifs is 1. The SMILES string of the molecule is O=C(CSc1nc2ccccc2o1)Nc1cccc(S(=O)(=O)N2CCCCCC2)c1. The van der Waals surface area contributed by atoms with E-state index in [1.165, 1.54) is 17.8 Å². The van der Waals surface area contributed by atoms with Crippen molar-refractivity contribution in [2.24, 2.45) is 0 Å². The van der Waals surface area contributed by atoms with Crippen molar-refractivity contribution < 1.29 is 17.6 Å². The van der Waals surface area contributed by atoms with Gasteiger partial charge in [0.15, 0.2) is 5.58 Å². The van der Waals surface area contributed by atoms with Crippen molar-refractivity contribution in [3.05, 3.63) is 48.5 Å². The molecule has 0 bridgehead atoms. The van der Waals surface area contributed by atoms with E-state index in [1.807, 2.05) is 24.3 Å². The Labute approximate surface area is 179 Å². The van der Waals surface area contributed by atoms with Crippen LogP contribution in [0.1, 0.15) is 25.7 Å². The van der Waals surface area contributed by atoms with Crippen LogP contribution in [0.3, 0.4) is 0 Å². The molecule has 0 spiro atoms. The third-order valence-electron chi connectivity index (χ3n) is 4.92. The molecule has 1 amide bonds. The molecule has 9 heteroatoms. The molecule has 1 aliphatic rings. The summed E-state index contributed by atoms with van der Waals surface area (Å²) in [5.74, 6) is -0.151. The third kappa shape index (κ3) is 4.85. The lowest BCUT2D eigenvalue weighted by molar-refractivity contribution is -0.113. The van der Waals surface area contributed by atoms with Crippen molar-refractivity contribution in [1.82, 2.24) is 9.29 Å². The smallest absolute Gasteiger partial charge is 0.257 e. The number of para-hydroxylation sites is 2. The summed E-state index contributed by atoms with van der Waals surface area (Å²) in [5.41, 5.74) is 1.87. The second-order valence-electron chi connectivity index (χ2n) is 7.13. The maximum absolute atomic E-state index is 13.0. The first-order valence-corrected chi connectivity index (χ1v) is 12.3. The first-order chi connectivity index (χ1) is 14.5. The molecule has 0 unspecified atom stereocenters. The zero-order valence-corrected chi connectivity index (χ0v) is 18.0. The third-order valence-corrected chi connectivity index (χ3v) is 7.64. The van der Waals surface area contributed by atoms with Crippen molar-refractivity contribution in [2.75, 3.05) is 24.2 Å². The largest absolute Gasteiger partial charge is 0.431 e. The molecule has 3 aromatic rings. The minimum Gasteiger partial charge on any atom is -0.431 e. The summed E-state index contributed by atoms with van der Waals surface area (Å²) in [5, 5.41) is 3.18. The first-order valence-electron chi connectivity index (χ1n) is 9.91. The molecular formula is C21H23N3O4S2. The van der Waals surface area contributed by atoms with E-state index in [4.69, 9.17) is 4.42 Å². The highest BCUT2D eigenvalue weighted by atomic mass is 32.2. The second-order valence-corrected chi connectivity index (χ2v) is 10.00. The number of oxazole rings is 1. The van der Waals surface area contributed by atoms with Crippen LogP contribution >= 0.6 is 11.8 Å². The molecule has 158 valence electrons. The molecule has 2 aromatic carbocycles. The summed E-state index contributed by atoms with van der Waals surface area (Å²) in [6.45, 7) is 1.08. The molecule has 2 heterocycles. The van der Waals surface area contributed by atoms with Crippen LogP contribution in [0.5, 0.6) is 0 Å². The van der Waals surface area contributed by atoms with Gasteiger partial charge in [-0.15, -0.1) is 0 Å². The van der Waals surface area contributed by atoms with Gasteiger partial charge in [0.25, 0.3) is 5.22 Å². The Balaban J connectivity index is 1.40. The maximum atomic E-state index is 13.0. The minimum atomic E-state index is -3.56. The number of hydrogen-bond acceptors (Lipinski definition) is 6. The van der Waals surface area contributed by atoms with Gasteiger partial charge in [0.1, 0.15) is 5.52 Å². The molecule has 0 saturated carbocycles. The lowest BCUT2D eigenvalue weighted by Crippen LogP contribution is -2.32. The molecule has 0 radical (unpaired) electrons. The number of rotatable bonds is 6. The van der Waals surface area contributed by atoms with Crippen LogP contribution in [0, 0.1) is 0 Å². The van der Waals surface area contributed by atoms with Gasteiger partial charge in [0, 0.05) is 18.8 Å². The Morgan fingerprint density at radius 3 is 2.60 bits per heavy atom. The number of thioether (sulfide) groups is 1. The fourth-order valence-corrected chi connectivity index (χ4v) is 5.60. The molecule has 4 rings (SSSR count). The van der Waals surface area contributed by atoms with Crippen LogP contribution in [0.4, 0.5) is 5.69 Å². The van der Waals surface area contributed by atoms with E-state index in [0.717, 1.165) is 31.2 Å². The number of anilines is 1. The Morgan fingerprint density at radius 1 is 1.07 bits per heavy atom. The standard InChI is InChI=1S/C21H23N3O4S2/c25-20(15-29-21-23-18-10-3-4-11-19(18)28-21)22-16-8-7-9-17(14-16)30(26,27)24-12-5-1-2-6-13-24/h3-4,7-11,14H,1-2,5-6,12-13,15H2,(H,22,25). The molecule has 0 aliphatic carbocycles. The molecule has 1 fully saturated rings. The van der Waals surface area contributed by atoms with Crippen LogP contribution in [-0.4, -0.2) is 42.5 Å². The van der Waals surface area contributed by atoms with Gasteiger partial charge in [0.05, 0.1) is 10.6 Å². The monoisotopic (exact) mass is 445 g/mol. The first kappa shape index (κ1) is 20.9. The second kappa shape index (κ2) is 9.20. The van der Waals surface area contributed by atoms with E-state index in [1.54, 1.807) is 22.5 Å². The highest BCUT2D eigenvalue weighted by Crippen LogP contribution is 2.25. The molecule has 0 atom stereocenters. The normalized spacial score (nSPS) is 15.7. The van der Waals surface area contributed by atoms with Gasteiger partial charge in [-0.2, -0.15) is 4.31 Å². The van der Waals surface area contributed by atoms with E-state index >= 15 is 0 Å². The molecule has 1 aromatic heterocycles. The summed E-state index contributed by atoms with van der Waals surface area (Å²) < 4.78 is 33.1. The van der Waals surface area contributed by atoms with Gasteiger partial charge < -0.3 is 9.73 Å². The topological polar surface area (TPSA) is 92.5 Å². The number of hydrogen-bond donors (Lipinski definition) is 1. The fourth-order valence-electron chi connectivity index (χ4n) is 3.40. The van der Waals surface area contributed by atoms with Crippen molar-refractivity contribution >= 4 is 44.5 Å². The Kier molecular flexibility index (Phi) is 6.40. The Bertz CT molecular complexity index is 1100. The number of carbonyl (C=O) groups is 1. The summed E-state index contributed by atoms with van der Waals surface area (Å²) >= 11 is 1.19. The van der Waals surface area contributed by atoms with Crippen LogP contribution in [0.15, 0.2) is 63.1 Å². The number of amides is 1. The Hall–Kier alpha value is -2.36. The highest BCUT2D eigenvalue weighted by molar-refractivity contribution is 7.99. The van der Waals surface area contributed by atoms with Gasteiger partial charge in [-0.25, -0.2) is 13.4 Å². The predicted octanol–water partition coefficient (Wildman–Crippen LogP) is 4.12. The van der Waals surface area contributed by atoms with Crippen LogP contribution in [-0.2, 0) is 14.8 Å². The van der Waals surface area contributed by atoms with Crippen LogP contribution < -0.4 is 5.32 Å². The number of carbonyl (C=O) groups excluding carboxylic acids is 1. The van der Waals surface area contributed by atoms with Gasteiger partial charge in [0.2, 0.25) is 15.9 Å².